The van der Waals surface area contributed by atoms with Crippen molar-refractivity contribution in [1.29, 1.82) is 0 Å². The monoisotopic (exact) mass is 488 g/mol. The molecule has 1 aliphatic rings. The number of halogens is 1. The number of methoxy groups -OCH3 is 1. The minimum absolute atomic E-state index is 0.177. The van der Waals surface area contributed by atoms with Crippen LogP contribution in [0.3, 0.4) is 0 Å². The van der Waals surface area contributed by atoms with Crippen LogP contribution in [0.5, 0.6) is 5.75 Å². The molecule has 2 aromatic rings. The number of benzene rings is 2. The van der Waals surface area contributed by atoms with Gasteiger partial charge in [0.05, 0.1) is 29.2 Å². The molecule has 3 N–H and O–H groups in total. The Morgan fingerprint density at radius 3 is 2.27 bits per heavy atom. The van der Waals surface area contributed by atoms with E-state index in [0.717, 1.165) is 4.90 Å². The molecule has 0 aromatic heterocycles. The van der Waals surface area contributed by atoms with Crippen LogP contribution >= 0.6 is 23.4 Å². The largest absolute Gasteiger partial charge is 0.495 e. The molecule has 0 saturated carbocycles. The molecular formula is C24H25ClN2O5S. The number of hydrogen-bond donors (Lipinski definition) is 3. The van der Waals surface area contributed by atoms with Gasteiger partial charge < -0.3 is 20.5 Å². The summed E-state index contributed by atoms with van der Waals surface area (Å²) in [6.45, 7) is 1.80. The lowest BCUT2D eigenvalue weighted by Gasteiger charge is -2.24. The number of ether oxygens (including phenoxy) is 1. The van der Waals surface area contributed by atoms with Gasteiger partial charge in [-0.1, -0.05) is 23.8 Å². The standard InChI is InChI=1S/C24H25ClN2O5S/c1-14(22(28)27-16-9-12-21(32-2)20(25)13-16)33-17-10-7-15(8-11-17)26-23(29)18-5-3-4-6-19(18)24(30)31/h3-4,7-14,18-19H,5-6H2,1-2H3,(H,26,29)(H,27,28)(H,30,31). The molecule has 0 fully saturated rings. The first-order chi connectivity index (χ1) is 15.8. The zero-order valence-corrected chi connectivity index (χ0v) is 19.8. The number of aliphatic carboxylic acids is 1. The van der Waals surface area contributed by atoms with Crippen LogP contribution in [0.25, 0.3) is 0 Å². The molecule has 2 amide bonds. The number of allylic oxidation sites excluding steroid dienone is 2. The van der Waals surface area contributed by atoms with Crippen LogP contribution in [0.2, 0.25) is 5.02 Å². The molecule has 7 nitrogen and oxygen atoms in total. The van der Waals surface area contributed by atoms with E-state index >= 15 is 0 Å². The molecule has 0 heterocycles. The van der Waals surface area contributed by atoms with Gasteiger partial charge in [0.1, 0.15) is 5.75 Å². The van der Waals surface area contributed by atoms with E-state index in [4.69, 9.17) is 16.3 Å². The quantitative estimate of drug-likeness (QED) is 0.354. The Morgan fingerprint density at radius 1 is 1.03 bits per heavy atom. The molecule has 174 valence electrons. The normalized spacial score (nSPS) is 18.3. The molecule has 3 atom stereocenters. The summed E-state index contributed by atoms with van der Waals surface area (Å²) in [5.74, 6) is -2.23. The highest BCUT2D eigenvalue weighted by atomic mass is 35.5. The third kappa shape index (κ3) is 6.52. The maximum atomic E-state index is 12.6. The Morgan fingerprint density at radius 2 is 1.67 bits per heavy atom. The van der Waals surface area contributed by atoms with Crippen molar-refractivity contribution in [1.82, 2.24) is 0 Å². The van der Waals surface area contributed by atoms with Crippen molar-refractivity contribution in [2.75, 3.05) is 17.7 Å². The van der Waals surface area contributed by atoms with Gasteiger partial charge in [0.2, 0.25) is 11.8 Å². The average Bonchev–Trinajstić information content (AvgIpc) is 2.80. The molecular weight excluding hydrogens is 464 g/mol. The third-order valence-electron chi connectivity index (χ3n) is 5.31. The van der Waals surface area contributed by atoms with Gasteiger partial charge >= 0.3 is 5.97 Å². The topological polar surface area (TPSA) is 105 Å². The van der Waals surface area contributed by atoms with E-state index in [2.05, 4.69) is 10.6 Å². The number of hydrogen-bond acceptors (Lipinski definition) is 5. The molecule has 0 bridgehead atoms. The maximum absolute atomic E-state index is 12.6. The third-order valence-corrected chi connectivity index (χ3v) is 6.72. The van der Waals surface area contributed by atoms with Crippen LogP contribution in [0.1, 0.15) is 19.8 Å². The molecule has 1 aliphatic carbocycles. The van der Waals surface area contributed by atoms with Crippen molar-refractivity contribution in [3.63, 3.8) is 0 Å². The smallest absolute Gasteiger partial charge is 0.307 e. The van der Waals surface area contributed by atoms with Gasteiger partial charge in [-0.3, -0.25) is 14.4 Å². The molecule has 0 radical (unpaired) electrons. The predicted octanol–water partition coefficient (Wildman–Crippen LogP) is 5.07. The molecule has 3 rings (SSSR count). The summed E-state index contributed by atoms with van der Waals surface area (Å²) in [5, 5.41) is 15.0. The van der Waals surface area contributed by atoms with Crippen molar-refractivity contribution in [3.8, 4) is 5.75 Å². The Balaban J connectivity index is 1.55. The van der Waals surface area contributed by atoms with Crippen molar-refractivity contribution in [2.24, 2.45) is 11.8 Å². The number of rotatable bonds is 8. The second-order valence-corrected chi connectivity index (χ2v) is 9.43. The van der Waals surface area contributed by atoms with Gasteiger partial charge in [0.25, 0.3) is 0 Å². The summed E-state index contributed by atoms with van der Waals surface area (Å²) in [7, 11) is 1.52. The Labute approximate surface area is 201 Å². The first-order valence-electron chi connectivity index (χ1n) is 10.4. The van der Waals surface area contributed by atoms with Gasteiger partial charge in [-0.2, -0.15) is 0 Å². The van der Waals surface area contributed by atoms with Crippen LogP contribution in [-0.4, -0.2) is 35.2 Å². The summed E-state index contributed by atoms with van der Waals surface area (Å²) >= 11 is 7.48. The van der Waals surface area contributed by atoms with Crippen molar-refractivity contribution in [3.05, 3.63) is 59.6 Å². The second kappa shape index (κ2) is 11.2. The average molecular weight is 489 g/mol. The van der Waals surface area contributed by atoms with Crippen LogP contribution < -0.4 is 15.4 Å². The molecule has 2 aromatic carbocycles. The van der Waals surface area contributed by atoms with Crippen molar-refractivity contribution in [2.45, 2.75) is 29.9 Å². The van der Waals surface area contributed by atoms with Crippen LogP contribution in [0.15, 0.2) is 59.5 Å². The van der Waals surface area contributed by atoms with E-state index < -0.39 is 17.8 Å². The molecule has 0 aliphatic heterocycles. The van der Waals surface area contributed by atoms with E-state index in [1.807, 2.05) is 18.2 Å². The first-order valence-corrected chi connectivity index (χ1v) is 11.6. The van der Waals surface area contributed by atoms with E-state index in [0.29, 0.717) is 35.0 Å². The van der Waals surface area contributed by atoms with E-state index in [1.165, 1.54) is 18.9 Å². The number of thioether (sulfide) groups is 1. The van der Waals surface area contributed by atoms with Crippen LogP contribution in [0.4, 0.5) is 11.4 Å². The summed E-state index contributed by atoms with van der Waals surface area (Å²) in [6, 6.07) is 12.1. The highest BCUT2D eigenvalue weighted by Gasteiger charge is 2.33. The van der Waals surface area contributed by atoms with Gasteiger partial charge in [-0.15, -0.1) is 11.8 Å². The molecule has 0 saturated heterocycles. The Bertz CT molecular complexity index is 1060. The fraction of sp³-hybridized carbons (Fsp3) is 0.292. The first kappa shape index (κ1) is 24.7. The van der Waals surface area contributed by atoms with Gasteiger partial charge in [-0.05, 0) is 62.2 Å². The predicted molar refractivity (Wildman–Crippen MR) is 130 cm³/mol. The van der Waals surface area contributed by atoms with Crippen molar-refractivity contribution < 1.29 is 24.2 Å². The summed E-state index contributed by atoms with van der Waals surface area (Å²) in [4.78, 5) is 37.4. The number of carboxylic acids is 1. The lowest BCUT2D eigenvalue weighted by atomic mass is 9.82. The summed E-state index contributed by atoms with van der Waals surface area (Å²) in [5.41, 5.74) is 1.15. The zero-order chi connectivity index (χ0) is 24.0. The summed E-state index contributed by atoms with van der Waals surface area (Å²) in [6.07, 6.45) is 4.40. The Kier molecular flexibility index (Phi) is 8.41. The van der Waals surface area contributed by atoms with E-state index in [9.17, 15) is 19.5 Å². The minimum atomic E-state index is -0.963. The lowest BCUT2D eigenvalue weighted by Crippen LogP contribution is -2.34. The molecule has 3 unspecified atom stereocenters. The number of anilines is 2. The number of carbonyl (C=O) groups excluding carboxylic acids is 2. The number of nitrogens with one attached hydrogen (secondary N) is 2. The number of carbonyl (C=O) groups is 3. The fourth-order valence-electron chi connectivity index (χ4n) is 3.47. The second-order valence-electron chi connectivity index (χ2n) is 7.61. The highest BCUT2D eigenvalue weighted by molar-refractivity contribution is 8.00. The van der Waals surface area contributed by atoms with Gasteiger partial charge in [0.15, 0.2) is 0 Å². The van der Waals surface area contributed by atoms with Gasteiger partial charge in [-0.25, -0.2) is 0 Å². The van der Waals surface area contributed by atoms with E-state index in [-0.39, 0.29) is 17.1 Å². The Hall–Kier alpha value is -2.97. The SMILES string of the molecule is COc1ccc(NC(=O)C(C)Sc2ccc(NC(=O)C3CC=CCC3C(=O)O)cc2)cc1Cl. The maximum Gasteiger partial charge on any atom is 0.307 e. The lowest BCUT2D eigenvalue weighted by molar-refractivity contribution is -0.146. The number of carboxylic acid groups (broad SMARTS) is 1. The van der Waals surface area contributed by atoms with E-state index in [1.54, 1.807) is 43.3 Å². The van der Waals surface area contributed by atoms with Crippen LogP contribution in [0, 0.1) is 11.8 Å². The van der Waals surface area contributed by atoms with Crippen LogP contribution in [-0.2, 0) is 14.4 Å². The molecule has 0 spiro atoms. The fourth-order valence-corrected chi connectivity index (χ4v) is 4.60. The molecule has 33 heavy (non-hydrogen) atoms. The molecule has 9 heteroatoms. The summed E-state index contributed by atoms with van der Waals surface area (Å²) < 4.78 is 5.11. The highest BCUT2D eigenvalue weighted by Crippen LogP contribution is 2.30. The van der Waals surface area contributed by atoms with Gasteiger partial charge in [0, 0.05) is 16.3 Å². The zero-order valence-electron chi connectivity index (χ0n) is 18.2. The number of amides is 2. The van der Waals surface area contributed by atoms with Crippen molar-refractivity contribution >= 4 is 52.5 Å². The minimum Gasteiger partial charge on any atom is -0.495 e.